The first kappa shape index (κ1) is 18.7. The van der Waals surface area contributed by atoms with Crippen LogP contribution >= 0.6 is 22.7 Å². The molecule has 0 spiro atoms. The molecule has 7 heteroatoms. The van der Waals surface area contributed by atoms with Gasteiger partial charge in [-0.25, -0.2) is 0 Å². The number of hydrogen-bond donors (Lipinski definition) is 3. The van der Waals surface area contributed by atoms with Crippen molar-refractivity contribution in [1.82, 2.24) is 0 Å². The van der Waals surface area contributed by atoms with Crippen LogP contribution in [0.1, 0.15) is 43.8 Å². The van der Waals surface area contributed by atoms with E-state index >= 15 is 0 Å². The number of thiophene rings is 2. The molecule has 3 aromatic rings. The van der Waals surface area contributed by atoms with Gasteiger partial charge < -0.3 is 15.7 Å². The summed E-state index contributed by atoms with van der Waals surface area (Å²) in [6, 6.07) is 10.1. The van der Waals surface area contributed by atoms with E-state index in [9.17, 15) is 14.7 Å². The van der Waals surface area contributed by atoms with Crippen molar-refractivity contribution in [3.63, 3.8) is 0 Å². The van der Waals surface area contributed by atoms with Crippen LogP contribution in [0.4, 0.5) is 10.7 Å². The van der Waals surface area contributed by atoms with Crippen LogP contribution in [-0.2, 0) is 12.8 Å². The van der Waals surface area contributed by atoms with Crippen molar-refractivity contribution in [3.05, 3.63) is 62.7 Å². The summed E-state index contributed by atoms with van der Waals surface area (Å²) in [5, 5.41) is 17.9. The molecule has 4 rings (SSSR count). The molecule has 0 bridgehead atoms. The van der Waals surface area contributed by atoms with Gasteiger partial charge in [0.25, 0.3) is 11.8 Å². The van der Waals surface area contributed by atoms with Crippen molar-refractivity contribution in [2.45, 2.75) is 26.2 Å². The molecule has 1 unspecified atom stereocenters. The van der Waals surface area contributed by atoms with Crippen molar-refractivity contribution < 1.29 is 14.7 Å². The molecule has 0 saturated heterocycles. The Balaban J connectivity index is 1.67. The van der Waals surface area contributed by atoms with Gasteiger partial charge in [-0.3, -0.25) is 9.59 Å². The third kappa shape index (κ3) is 3.81. The minimum Gasteiger partial charge on any atom is -0.508 e. The van der Waals surface area contributed by atoms with Crippen molar-refractivity contribution in [1.29, 1.82) is 0 Å². The van der Waals surface area contributed by atoms with Gasteiger partial charge in [0, 0.05) is 16.6 Å². The average molecular weight is 413 g/mol. The number of rotatable bonds is 4. The monoisotopic (exact) mass is 412 g/mol. The molecule has 5 nitrogen and oxygen atoms in total. The maximum absolute atomic E-state index is 13.1. The number of benzene rings is 1. The molecule has 2 aromatic heterocycles. The second-order valence-electron chi connectivity index (χ2n) is 6.99. The summed E-state index contributed by atoms with van der Waals surface area (Å²) in [6.07, 6.45) is 2.76. The fraction of sp³-hybridized carbons (Fsp3) is 0.238. The van der Waals surface area contributed by atoms with E-state index < -0.39 is 0 Å². The highest BCUT2D eigenvalue weighted by Crippen LogP contribution is 2.40. The maximum atomic E-state index is 13.1. The van der Waals surface area contributed by atoms with Gasteiger partial charge >= 0.3 is 0 Å². The Morgan fingerprint density at radius 3 is 2.75 bits per heavy atom. The molecule has 28 heavy (non-hydrogen) atoms. The standard InChI is InChI=1S/C21H20N2O3S2/c1-12-7-8-15-17(10-12)28-21(23-19(25)16-6-3-9-27-16)18(15)20(26)22-13-4-2-5-14(24)11-13/h2-6,9,11-12,24H,7-8,10H2,1H3,(H,22,26)(H,23,25). The Labute approximate surface area is 171 Å². The van der Waals surface area contributed by atoms with E-state index in [0.717, 1.165) is 24.8 Å². The number of carbonyl (C=O) groups is 2. The summed E-state index contributed by atoms with van der Waals surface area (Å²) in [6.45, 7) is 2.21. The molecule has 0 fully saturated rings. The predicted molar refractivity (Wildman–Crippen MR) is 114 cm³/mol. The van der Waals surface area contributed by atoms with E-state index in [4.69, 9.17) is 0 Å². The summed E-state index contributed by atoms with van der Waals surface area (Å²) in [5.74, 6) is 0.186. The lowest BCUT2D eigenvalue weighted by Gasteiger charge is -2.18. The second kappa shape index (κ2) is 7.77. The van der Waals surface area contributed by atoms with Crippen LogP contribution in [0.25, 0.3) is 0 Å². The van der Waals surface area contributed by atoms with Gasteiger partial charge in [0.15, 0.2) is 0 Å². The van der Waals surface area contributed by atoms with E-state index in [0.29, 0.717) is 27.0 Å². The molecule has 0 radical (unpaired) electrons. The Morgan fingerprint density at radius 1 is 1.14 bits per heavy atom. The minimum absolute atomic E-state index is 0.0881. The summed E-state index contributed by atoms with van der Waals surface area (Å²) in [7, 11) is 0. The van der Waals surface area contributed by atoms with Crippen LogP contribution in [0.15, 0.2) is 41.8 Å². The van der Waals surface area contributed by atoms with Crippen molar-refractivity contribution >= 4 is 45.2 Å². The first-order chi connectivity index (χ1) is 13.5. The van der Waals surface area contributed by atoms with Gasteiger partial charge in [0.1, 0.15) is 10.8 Å². The molecule has 3 N–H and O–H groups in total. The number of phenols is 1. The summed E-state index contributed by atoms with van der Waals surface area (Å²) in [4.78, 5) is 27.4. The Hall–Kier alpha value is -2.64. The van der Waals surface area contributed by atoms with Crippen LogP contribution in [0, 0.1) is 5.92 Å². The largest absolute Gasteiger partial charge is 0.508 e. The van der Waals surface area contributed by atoms with Crippen LogP contribution < -0.4 is 10.6 Å². The molecule has 2 heterocycles. The van der Waals surface area contributed by atoms with E-state index in [1.807, 2.05) is 11.4 Å². The molecule has 144 valence electrons. The maximum Gasteiger partial charge on any atom is 0.266 e. The lowest BCUT2D eigenvalue weighted by atomic mass is 9.88. The van der Waals surface area contributed by atoms with Crippen molar-refractivity contribution in [2.75, 3.05) is 10.6 Å². The van der Waals surface area contributed by atoms with E-state index in [1.54, 1.807) is 24.3 Å². The lowest BCUT2D eigenvalue weighted by molar-refractivity contribution is 0.102. The Kier molecular flexibility index (Phi) is 5.19. The molecule has 0 aliphatic heterocycles. The highest BCUT2D eigenvalue weighted by molar-refractivity contribution is 7.17. The number of carbonyl (C=O) groups excluding carboxylic acids is 2. The number of amides is 2. The zero-order chi connectivity index (χ0) is 19.7. The third-order valence-electron chi connectivity index (χ3n) is 4.81. The van der Waals surface area contributed by atoms with Gasteiger partial charge in [-0.15, -0.1) is 22.7 Å². The zero-order valence-electron chi connectivity index (χ0n) is 15.3. The SMILES string of the molecule is CC1CCc2c(sc(NC(=O)c3cccs3)c2C(=O)Nc2cccc(O)c2)C1. The highest BCUT2D eigenvalue weighted by Gasteiger charge is 2.28. The first-order valence-electron chi connectivity index (χ1n) is 9.11. The summed E-state index contributed by atoms with van der Waals surface area (Å²) >= 11 is 2.86. The van der Waals surface area contributed by atoms with Crippen LogP contribution in [0.2, 0.25) is 0 Å². The van der Waals surface area contributed by atoms with Crippen LogP contribution in [0.3, 0.4) is 0 Å². The van der Waals surface area contributed by atoms with E-state index in [1.165, 1.54) is 33.6 Å². The van der Waals surface area contributed by atoms with Crippen molar-refractivity contribution in [3.8, 4) is 5.75 Å². The summed E-state index contributed by atoms with van der Waals surface area (Å²) < 4.78 is 0. The molecule has 1 aromatic carbocycles. The predicted octanol–water partition coefficient (Wildman–Crippen LogP) is 5.14. The normalized spacial score (nSPS) is 15.7. The van der Waals surface area contributed by atoms with Gasteiger partial charge in [0.05, 0.1) is 10.4 Å². The van der Waals surface area contributed by atoms with Gasteiger partial charge in [-0.2, -0.15) is 0 Å². The molecule has 2 amide bonds. The van der Waals surface area contributed by atoms with Crippen LogP contribution in [0.5, 0.6) is 5.75 Å². The molecular formula is C21H20N2O3S2. The van der Waals surface area contributed by atoms with Gasteiger partial charge in [-0.1, -0.05) is 19.1 Å². The van der Waals surface area contributed by atoms with Gasteiger partial charge in [0.2, 0.25) is 0 Å². The van der Waals surface area contributed by atoms with E-state index in [-0.39, 0.29) is 17.6 Å². The summed E-state index contributed by atoms with van der Waals surface area (Å²) in [5.41, 5.74) is 2.09. The highest BCUT2D eigenvalue weighted by atomic mass is 32.1. The topological polar surface area (TPSA) is 78.4 Å². The fourth-order valence-corrected chi connectivity index (χ4v) is 5.45. The Morgan fingerprint density at radius 2 is 2.00 bits per heavy atom. The average Bonchev–Trinajstić information content (AvgIpc) is 3.29. The number of fused-ring (bicyclic) bond motifs is 1. The quantitative estimate of drug-likeness (QED) is 0.555. The molecule has 1 aliphatic carbocycles. The van der Waals surface area contributed by atoms with Crippen LogP contribution in [-0.4, -0.2) is 16.9 Å². The second-order valence-corrected chi connectivity index (χ2v) is 9.04. The first-order valence-corrected chi connectivity index (χ1v) is 10.8. The minimum atomic E-state index is -0.265. The molecular weight excluding hydrogens is 392 g/mol. The number of nitrogens with one attached hydrogen (secondary N) is 2. The third-order valence-corrected chi connectivity index (χ3v) is 6.85. The fourth-order valence-electron chi connectivity index (χ4n) is 3.43. The number of hydrogen-bond acceptors (Lipinski definition) is 5. The number of aromatic hydroxyl groups is 1. The number of phenolic OH excluding ortho intramolecular Hbond substituents is 1. The number of anilines is 2. The lowest BCUT2D eigenvalue weighted by Crippen LogP contribution is -2.19. The molecule has 1 atom stereocenters. The Bertz CT molecular complexity index is 1020. The smallest absolute Gasteiger partial charge is 0.266 e. The molecule has 0 saturated carbocycles. The van der Waals surface area contributed by atoms with Crippen molar-refractivity contribution in [2.24, 2.45) is 5.92 Å². The zero-order valence-corrected chi connectivity index (χ0v) is 17.0. The molecule has 1 aliphatic rings. The van der Waals surface area contributed by atoms with E-state index in [2.05, 4.69) is 17.6 Å². The van der Waals surface area contributed by atoms with Gasteiger partial charge in [-0.05, 0) is 54.3 Å².